The monoisotopic (exact) mass is 295 g/mol. The zero-order chi connectivity index (χ0) is 14.9. The van der Waals surface area contributed by atoms with Crippen LogP contribution in [0.25, 0.3) is 0 Å². The Labute approximate surface area is 122 Å². The van der Waals surface area contributed by atoms with Crippen molar-refractivity contribution in [1.29, 1.82) is 0 Å². The zero-order valence-corrected chi connectivity index (χ0v) is 12.4. The molecular formula is C16H16ClF2N. The van der Waals surface area contributed by atoms with Gasteiger partial charge in [0.05, 0.1) is 11.1 Å². The van der Waals surface area contributed by atoms with E-state index in [0.717, 1.165) is 22.3 Å². The second-order valence-electron chi connectivity index (χ2n) is 4.85. The molecule has 0 aliphatic heterocycles. The minimum Gasteiger partial charge on any atom is -0.309 e. The number of hydrogen-bond acceptors (Lipinski definition) is 1. The maximum absolute atomic E-state index is 13.4. The molecule has 0 fully saturated rings. The summed E-state index contributed by atoms with van der Waals surface area (Å²) in [4.78, 5) is 0. The van der Waals surface area contributed by atoms with Crippen molar-refractivity contribution in [2.75, 3.05) is 7.05 Å². The van der Waals surface area contributed by atoms with E-state index in [1.165, 1.54) is 18.2 Å². The number of halogens is 3. The molecule has 0 aromatic heterocycles. The lowest BCUT2D eigenvalue weighted by Crippen LogP contribution is -2.20. The van der Waals surface area contributed by atoms with Crippen LogP contribution >= 0.6 is 11.6 Å². The normalized spacial score (nSPS) is 12.5. The van der Waals surface area contributed by atoms with Gasteiger partial charge in [-0.15, -0.1) is 0 Å². The van der Waals surface area contributed by atoms with Gasteiger partial charge < -0.3 is 5.32 Å². The molecule has 1 unspecified atom stereocenters. The van der Waals surface area contributed by atoms with Gasteiger partial charge in [-0.2, -0.15) is 0 Å². The van der Waals surface area contributed by atoms with Crippen LogP contribution < -0.4 is 5.32 Å². The quantitative estimate of drug-likeness (QED) is 0.876. The summed E-state index contributed by atoms with van der Waals surface area (Å²) >= 11 is 5.84. The van der Waals surface area contributed by atoms with Crippen LogP contribution in [-0.2, 0) is 0 Å². The first-order valence-electron chi connectivity index (χ1n) is 6.33. The molecule has 4 heteroatoms. The first-order valence-corrected chi connectivity index (χ1v) is 6.70. The lowest BCUT2D eigenvalue weighted by atomic mass is 9.91. The Balaban J connectivity index is 2.55. The second-order valence-corrected chi connectivity index (χ2v) is 5.26. The summed E-state index contributed by atoms with van der Waals surface area (Å²) in [6.45, 7) is 3.72. The van der Waals surface area contributed by atoms with Gasteiger partial charge in [-0.1, -0.05) is 17.7 Å². The SMILES string of the molecule is CNC(c1ccc(F)c(Cl)c1)c1c(C)cc(F)cc1C. The van der Waals surface area contributed by atoms with Gasteiger partial charge in [-0.3, -0.25) is 0 Å². The van der Waals surface area contributed by atoms with Crippen molar-refractivity contribution in [3.8, 4) is 0 Å². The van der Waals surface area contributed by atoms with E-state index in [0.29, 0.717) is 0 Å². The Hall–Kier alpha value is -1.45. The van der Waals surface area contributed by atoms with Gasteiger partial charge in [0, 0.05) is 0 Å². The maximum atomic E-state index is 13.4. The van der Waals surface area contributed by atoms with Crippen LogP contribution in [0.15, 0.2) is 30.3 Å². The third kappa shape index (κ3) is 2.84. The highest BCUT2D eigenvalue weighted by molar-refractivity contribution is 6.30. The van der Waals surface area contributed by atoms with Crippen LogP contribution in [0.5, 0.6) is 0 Å². The van der Waals surface area contributed by atoms with E-state index >= 15 is 0 Å². The van der Waals surface area contributed by atoms with Crippen molar-refractivity contribution in [3.05, 3.63) is 69.2 Å². The second kappa shape index (κ2) is 5.90. The lowest BCUT2D eigenvalue weighted by molar-refractivity contribution is 0.616. The lowest BCUT2D eigenvalue weighted by Gasteiger charge is -2.22. The Bertz CT molecular complexity index is 617. The summed E-state index contributed by atoms with van der Waals surface area (Å²) in [6, 6.07) is 7.46. The van der Waals surface area contributed by atoms with Crippen LogP contribution in [0.1, 0.15) is 28.3 Å². The molecule has 1 N–H and O–H groups in total. The van der Waals surface area contributed by atoms with Crippen molar-refractivity contribution < 1.29 is 8.78 Å². The summed E-state index contributed by atoms with van der Waals surface area (Å²) in [5, 5.41) is 3.26. The van der Waals surface area contributed by atoms with Gasteiger partial charge in [-0.25, -0.2) is 8.78 Å². The molecule has 1 atom stereocenters. The van der Waals surface area contributed by atoms with Crippen LogP contribution in [0, 0.1) is 25.5 Å². The van der Waals surface area contributed by atoms with E-state index in [2.05, 4.69) is 5.32 Å². The topological polar surface area (TPSA) is 12.0 Å². The molecule has 2 aromatic carbocycles. The number of hydrogen-bond donors (Lipinski definition) is 1. The summed E-state index contributed by atoms with van der Waals surface area (Å²) in [5.41, 5.74) is 3.53. The van der Waals surface area contributed by atoms with Gasteiger partial charge in [0.2, 0.25) is 0 Å². The van der Waals surface area contributed by atoms with E-state index in [-0.39, 0.29) is 16.9 Å². The highest BCUT2D eigenvalue weighted by Crippen LogP contribution is 2.30. The third-order valence-corrected chi connectivity index (χ3v) is 3.70. The third-order valence-electron chi connectivity index (χ3n) is 3.41. The average Bonchev–Trinajstić information content (AvgIpc) is 2.37. The molecule has 0 saturated carbocycles. The fourth-order valence-electron chi connectivity index (χ4n) is 2.55. The first kappa shape index (κ1) is 14.9. The molecule has 20 heavy (non-hydrogen) atoms. The first-order chi connectivity index (χ1) is 9.43. The smallest absolute Gasteiger partial charge is 0.141 e. The fourth-order valence-corrected chi connectivity index (χ4v) is 2.74. The molecule has 106 valence electrons. The molecular weight excluding hydrogens is 280 g/mol. The molecule has 0 aliphatic carbocycles. The van der Waals surface area contributed by atoms with E-state index < -0.39 is 5.82 Å². The van der Waals surface area contributed by atoms with Crippen LogP contribution in [0.2, 0.25) is 5.02 Å². The van der Waals surface area contributed by atoms with Gasteiger partial charge in [0.15, 0.2) is 0 Å². The molecule has 0 bridgehead atoms. The molecule has 0 aliphatic rings. The minimum absolute atomic E-state index is 0.0835. The largest absolute Gasteiger partial charge is 0.309 e. The molecule has 0 heterocycles. The Morgan fingerprint density at radius 3 is 2.15 bits per heavy atom. The summed E-state index contributed by atoms with van der Waals surface area (Å²) in [6.07, 6.45) is 0. The molecule has 0 spiro atoms. The summed E-state index contributed by atoms with van der Waals surface area (Å²) in [5.74, 6) is -0.700. The van der Waals surface area contributed by atoms with Gasteiger partial charge in [-0.05, 0) is 67.4 Å². The Kier molecular flexibility index (Phi) is 4.41. The predicted octanol–water partition coefficient (Wildman–Crippen LogP) is 4.54. The number of benzene rings is 2. The maximum Gasteiger partial charge on any atom is 0.141 e. The average molecular weight is 296 g/mol. The van der Waals surface area contributed by atoms with Crippen molar-refractivity contribution in [3.63, 3.8) is 0 Å². The predicted molar refractivity (Wildman–Crippen MR) is 78.2 cm³/mol. The van der Waals surface area contributed by atoms with E-state index in [1.807, 2.05) is 20.9 Å². The Morgan fingerprint density at radius 2 is 1.65 bits per heavy atom. The van der Waals surface area contributed by atoms with Crippen molar-refractivity contribution in [1.82, 2.24) is 5.32 Å². The van der Waals surface area contributed by atoms with Gasteiger partial charge in [0.25, 0.3) is 0 Å². The van der Waals surface area contributed by atoms with Crippen molar-refractivity contribution in [2.24, 2.45) is 0 Å². The highest BCUT2D eigenvalue weighted by Gasteiger charge is 2.18. The number of aryl methyl sites for hydroxylation is 2. The van der Waals surface area contributed by atoms with Crippen LogP contribution in [0.4, 0.5) is 8.78 Å². The van der Waals surface area contributed by atoms with E-state index in [9.17, 15) is 8.78 Å². The fraction of sp³-hybridized carbons (Fsp3) is 0.250. The summed E-state index contributed by atoms with van der Waals surface area (Å²) in [7, 11) is 1.81. The number of rotatable bonds is 3. The molecule has 0 saturated heterocycles. The highest BCUT2D eigenvalue weighted by atomic mass is 35.5. The van der Waals surface area contributed by atoms with Gasteiger partial charge in [0.1, 0.15) is 11.6 Å². The standard InChI is InChI=1S/C16H16ClF2N/c1-9-6-12(18)7-10(2)15(9)16(20-3)11-4-5-14(19)13(17)8-11/h4-8,16,20H,1-3H3. The molecule has 0 radical (unpaired) electrons. The summed E-state index contributed by atoms with van der Waals surface area (Å²) < 4.78 is 26.7. The molecule has 2 aromatic rings. The van der Waals surface area contributed by atoms with Gasteiger partial charge >= 0.3 is 0 Å². The molecule has 1 nitrogen and oxygen atoms in total. The molecule has 0 amide bonds. The van der Waals surface area contributed by atoms with Crippen molar-refractivity contribution >= 4 is 11.6 Å². The minimum atomic E-state index is -0.446. The van der Waals surface area contributed by atoms with Crippen LogP contribution in [0.3, 0.4) is 0 Å². The van der Waals surface area contributed by atoms with E-state index in [4.69, 9.17) is 11.6 Å². The Morgan fingerprint density at radius 1 is 1.05 bits per heavy atom. The zero-order valence-electron chi connectivity index (χ0n) is 11.6. The molecule has 2 rings (SSSR count). The number of nitrogens with one attached hydrogen (secondary N) is 1. The van der Waals surface area contributed by atoms with Crippen molar-refractivity contribution in [2.45, 2.75) is 19.9 Å². The van der Waals surface area contributed by atoms with E-state index in [1.54, 1.807) is 12.1 Å². The van der Waals surface area contributed by atoms with Crippen LogP contribution in [-0.4, -0.2) is 7.05 Å².